The van der Waals surface area contributed by atoms with Gasteiger partial charge >= 0.3 is 0 Å². The Morgan fingerprint density at radius 3 is 2.70 bits per heavy atom. The minimum atomic E-state index is 0.130. The van der Waals surface area contributed by atoms with Crippen molar-refractivity contribution in [1.82, 2.24) is 19.7 Å². The molecule has 1 aromatic heterocycles. The summed E-state index contributed by atoms with van der Waals surface area (Å²) in [6.45, 7) is 9.48. The van der Waals surface area contributed by atoms with Crippen LogP contribution >= 0.6 is 0 Å². The van der Waals surface area contributed by atoms with Crippen LogP contribution < -0.4 is 0 Å². The summed E-state index contributed by atoms with van der Waals surface area (Å²) in [5.41, 5.74) is 3.05. The second kappa shape index (κ2) is 6.14. The van der Waals surface area contributed by atoms with Crippen LogP contribution in [0.1, 0.15) is 52.0 Å². The van der Waals surface area contributed by atoms with E-state index in [0.29, 0.717) is 6.54 Å². The number of rotatable bonds is 2. The molecule has 1 saturated heterocycles. The Bertz CT molecular complexity index is 735. The van der Waals surface area contributed by atoms with Crippen molar-refractivity contribution in [3.8, 4) is 0 Å². The van der Waals surface area contributed by atoms with Gasteiger partial charge in [-0.3, -0.25) is 4.79 Å². The maximum Gasteiger partial charge on any atom is 0.254 e. The van der Waals surface area contributed by atoms with Gasteiger partial charge < -0.3 is 4.90 Å². The topological polar surface area (TPSA) is 51.0 Å². The Hall–Kier alpha value is -2.17. The molecule has 0 spiro atoms. The van der Waals surface area contributed by atoms with Crippen LogP contribution in [0.25, 0.3) is 0 Å². The van der Waals surface area contributed by atoms with Gasteiger partial charge in [0, 0.05) is 18.7 Å². The standard InChI is InChI=1S/C18H24N4O/c1-12-7-5-9-17(13(12)2)18(23)21-10-6-8-16(11-21)22-15(4)19-14(3)20-22/h5,7,9,16H,6,8,10-11H2,1-4H3/t16-/m0/s1. The van der Waals surface area contributed by atoms with Gasteiger partial charge in [-0.05, 0) is 57.7 Å². The minimum absolute atomic E-state index is 0.130. The van der Waals surface area contributed by atoms with Gasteiger partial charge in [-0.25, -0.2) is 9.67 Å². The van der Waals surface area contributed by atoms with Crippen molar-refractivity contribution in [2.24, 2.45) is 0 Å². The molecular formula is C18H24N4O. The van der Waals surface area contributed by atoms with Crippen LogP contribution in [0.15, 0.2) is 18.2 Å². The van der Waals surface area contributed by atoms with E-state index in [-0.39, 0.29) is 11.9 Å². The van der Waals surface area contributed by atoms with Crippen LogP contribution in [0.3, 0.4) is 0 Å². The lowest BCUT2D eigenvalue weighted by Gasteiger charge is -2.33. The van der Waals surface area contributed by atoms with Crippen LogP contribution in [0.5, 0.6) is 0 Å². The maximum atomic E-state index is 12.9. The molecule has 5 nitrogen and oxygen atoms in total. The largest absolute Gasteiger partial charge is 0.336 e. The molecule has 3 rings (SSSR count). The van der Waals surface area contributed by atoms with Crippen molar-refractivity contribution in [3.63, 3.8) is 0 Å². The Morgan fingerprint density at radius 2 is 2.00 bits per heavy atom. The third-order valence-corrected chi connectivity index (χ3v) is 4.77. The van der Waals surface area contributed by atoms with Gasteiger partial charge in [0.05, 0.1) is 6.04 Å². The molecule has 0 aliphatic carbocycles. The van der Waals surface area contributed by atoms with Gasteiger partial charge in [-0.2, -0.15) is 5.10 Å². The van der Waals surface area contributed by atoms with Crippen molar-refractivity contribution < 1.29 is 4.79 Å². The summed E-state index contributed by atoms with van der Waals surface area (Å²) < 4.78 is 1.98. The molecule has 5 heteroatoms. The molecule has 0 N–H and O–H groups in total. The van der Waals surface area contributed by atoms with E-state index in [2.05, 4.69) is 10.1 Å². The zero-order valence-electron chi connectivity index (χ0n) is 14.3. The summed E-state index contributed by atoms with van der Waals surface area (Å²) in [6.07, 6.45) is 2.04. The molecule has 0 saturated carbocycles. The second-order valence-electron chi connectivity index (χ2n) is 6.45. The van der Waals surface area contributed by atoms with E-state index in [9.17, 15) is 4.79 Å². The summed E-state index contributed by atoms with van der Waals surface area (Å²) in [6, 6.07) is 6.16. The highest BCUT2D eigenvalue weighted by molar-refractivity contribution is 5.96. The quantitative estimate of drug-likeness (QED) is 0.856. The van der Waals surface area contributed by atoms with Crippen LogP contribution in [0.4, 0.5) is 0 Å². The SMILES string of the molecule is Cc1nc(C)n([C@H]2CCCN(C(=O)c3cccc(C)c3C)C2)n1. The van der Waals surface area contributed by atoms with Gasteiger partial charge in [0.15, 0.2) is 0 Å². The number of nitrogens with zero attached hydrogens (tertiary/aromatic N) is 4. The predicted molar refractivity (Wildman–Crippen MR) is 89.6 cm³/mol. The van der Waals surface area contributed by atoms with Gasteiger partial charge in [-0.1, -0.05) is 12.1 Å². The first kappa shape index (κ1) is 15.7. The van der Waals surface area contributed by atoms with Gasteiger partial charge in [0.25, 0.3) is 5.91 Å². The Labute approximate surface area is 137 Å². The minimum Gasteiger partial charge on any atom is -0.336 e. The first-order valence-electron chi connectivity index (χ1n) is 8.22. The number of likely N-dealkylation sites (tertiary alicyclic amines) is 1. The summed E-state index contributed by atoms with van der Waals surface area (Å²) in [5.74, 6) is 1.85. The zero-order valence-corrected chi connectivity index (χ0v) is 14.3. The maximum absolute atomic E-state index is 12.9. The average molecular weight is 312 g/mol. The average Bonchev–Trinajstić information content (AvgIpc) is 2.88. The number of aryl methyl sites for hydroxylation is 3. The summed E-state index contributed by atoms with van der Waals surface area (Å²) in [7, 11) is 0. The first-order valence-corrected chi connectivity index (χ1v) is 8.22. The number of piperidine rings is 1. The lowest BCUT2D eigenvalue weighted by atomic mass is 10.00. The Morgan fingerprint density at radius 1 is 1.22 bits per heavy atom. The lowest BCUT2D eigenvalue weighted by Crippen LogP contribution is -2.41. The fourth-order valence-electron chi connectivity index (χ4n) is 3.37. The summed E-state index contributed by atoms with van der Waals surface area (Å²) >= 11 is 0. The number of carbonyl (C=O) groups is 1. The molecule has 1 amide bonds. The fourth-order valence-corrected chi connectivity index (χ4v) is 3.37. The molecule has 1 atom stereocenters. The van der Waals surface area contributed by atoms with Crippen molar-refractivity contribution in [3.05, 3.63) is 46.5 Å². The predicted octanol–water partition coefficient (Wildman–Crippen LogP) is 2.99. The molecule has 1 aliphatic rings. The van der Waals surface area contributed by atoms with Crippen molar-refractivity contribution in [1.29, 1.82) is 0 Å². The zero-order chi connectivity index (χ0) is 16.6. The van der Waals surface area contributed by atoms with E-state index < -0.39 is 0 Å². The molecule has 122 valence electrons. The van der Waals surface area contributed by atoms with E-state index in [4.69, 9.17) is 0 Å². The third-order valence-electron chi connectivity index (χ3n) is 4.77. The molecule has 1 aromatic carbocycles. The highest BCUT2D eigenvalue weighted by atomic mass is 16.2. The lowest BCUT2D eigenvalue weighted by molar-refractivity contribution is 0.0670. The number of hydrogen-bond donors (Lipinski definition) is 0. The molecule has 0 radical (unpaired) electrons. The smallest absolute Gasteiger partial charge is 0.254 e. The number of aromatic nitrogens is 3. The van der Waals surface area contributed by atoms with Gasteiger partial charge in [0.1, 0.15) is 11.6 Å². The summed E-state index contributed by atoms with van der Waals surface area (Å²) in [4.78, 5) is 19.3. The first-order chi connectivity index (χ1) is 11.0. The van der Waals surface area contributed by atoms with E-state index in [0.717, 1.165) is 47.7 Å². The van der Waals surface area contributed by atoms with E-state index >= 15 is 0 Å². The highest BCUT2D eigenvalue weighted by Gasteiger charge is 2.27. The molecule has 23 heavy (non-hydrogen) atoms. The van der Waals surface area contributed by atoms with Gasteiger partial charge in [-0.15, -0.1) is 0 Å². The van der Waals surface area contributed by atoms with Crippen LogP contribution in [0, 0.1) is 27.7 Å². The normalized spacial score (nSPS) is 18.3. The van der Waals surface area contributed by atoms with Crippen LogP contribution in [0.2, 0.25) is 0 Å². The number of hydrogen-bond acceptors (Lipinski definition) is 3. The third kappa shape index (κ3) is 3.00. The number of carbonyl (C=O) groups excluding carboxylic acids is 1. The second-order valence-corrected chi connectivity index (χ2v) is 6.45. The van der Waals surface area contributed by atoms with E-state index in [1.165, 1.54) is 0 Å². The molecular weight excluding hydrogens is 288 g/mol. The van der Waals surface area contributed by atoms with Crippen molar-refractivity contribution in [2.45, 2.75) is 46.6 Å². The fraction of sp³-hybridized carbons (Fsp3) is 0.500. The van der Waals surface area contributed by atoms with Crippen molar-refractivity contribution >= 4 is 5.91 Å². The van der Waals surface area contributed by atoms with E-state index in [1.807, 2.05) is 55.5 Å². The number of benzene rings is 1. The summed E-state index contributed by atoms with van der Waals surface area (Å²) in [5, 5.41) is 4.50. The van der Waals surface area contributed by atoms with Gasteiger partial charge in [0.2, 0.25) is 0 Å². The Balaban J connectivity index is 1.82. The van der Waals surface area contributed by atoms with Crippen LogP contribution in [-0.4, -0.2) is 38.7 Å². The van der Waals surface area contributed by atoms with Crippen molar-refractivity contribution in [2.75, 3.05) is 13.1 Å². The molecule has 0 unspecified atom stereocenters. The number of amides is 1. The molecule has 0 bridgehead atoms. The molecule has 2 heterocycles. The molecule has 1 fully saturated rings. The highest BCUT2D eigenvalue weighted by Crippen LogP contribution is 2.24. The van der Waals surface area contributed by atoms with Crippen LogP contribution in [-0.2, 0) is 0 Å². The Kier molecular flexibility index (Phi) is 4.20. The molecule has 1 aliphatic heterocycles. The van der Waals surface area contributed by atoms with E-state index in [1.54, 1.807) is 0 Å². The molecule has 2 aromatic rings. The monoisotopic (exact) mass is 312 g/mol.